The molecule has 11 heteroatoms. The van der Waals surface area contributed by atoms with Crippen molar-refractivity contribution < 1.29 is 37.5 Å². The lowest BCUT2D eigenvalue weighted by molar-refractivity contribution is -0.384. The number of aryl methyl sites for hydroxylation is 1. The number of hydrogen-bond acceptors (Lipinski definition) is 9. The Kier molecular flexibility index (Phi) is 9.84. The number of rotatable bonds is 11. The molecule has 0 aromatic heterocycles. The van der Waals surface area contributed by atoms with Crippen LogP contribution >= 0.6 is 7.60 Å². The molecule has 1 saturated heterocycles. The van der Waals surface area contributed by atoms with Crippen LogP contribution in [0.15, 0.2) is 18.2 Å². The van der Waals surface area contributed by atoms with Crippen molar-refractivity contribution in [3.63, 3.8) is 0 Å². The number of nitrogens with zero attached hydrogens (tertiary/aromatic N) is 1. The summed E-state index contributed by atoms with van der Waals surface area (Å²) in [6, 6.07) is 4.35. The van der Waals surface area contributed by atoms with Crippen LogP contribution in [0.4, 0.5) is 5.69 Å². The van der Waals surface area contributed by atoms with Gasteiger partial charge in [0, 0.05) is 30.9 Å². The zero-order chi connectivity index (χ0) is 24.8. The third kappa shape index (κ3) is 7.24. The van der Waals surface area contributed by atoms with Crippen LogP contribution in [-0.4, -0.2) is 48.8 Å². The first-order valence-electron chi connectivity index (χ1n) is 11.1. The molecule has 1 heterocycles. The fourth-order valence-electron chi connectivity index (χ4n) is 3.85. The molecule has 1 aromatic rings. The Morgan fingerprint density at radius 1 is 1.18 bits per heavy atom. The van der Waals surface area contributed by atoms with Crippen LogP contribution in [0.2, 0.25) is 0 Å². The second-order valence-electron chi connectivity index (χ2n) is 8.12. The molecule has 186 valence electrons. The zero-order valence-electron chi connectivity index (χ0n) is 20.0. The topological polar surface area (TPSA) is 123 Å². The van der Waals surface area contributed by atoms with Gasteiger partial charge in [0.25, 0.3) is 5.69 Å². The molecule has 0 saturated carbocycles. The molecule has 1 aromatic carbocycles. The molecule has 0 bridgehead atoms. The minimum Gasteiger partial charge on any atom is -0.464 e. The Morgan fingerprint density at radius 3 is 2.33 bits per heavy atom. The highest BCUT2D eigenvalue weighted by atomic mass is 31.2. The first kappa shape index (κ1) is 27.2. The highest BCUT2D eigenvalue weighted by Gasteiger charge is 2.45. The summed E-state index contributed by atoms with van der Waals surface area (Å²) < 4.78 is 41.6. The Morgan fingerprint density at radius 2 is 1.82 bits per heavy atom. The number of esters is 1. The van der Waals surface area contributed by atoms with Crippen LogP contribution in [0.3, 0.4) is 0 Å². The van der Waals surface area contributed by atoms with Gasteiger partial charge in [0.15, 0.2) is 0 Å². The van der Waals surface area contributed by atoms with E-state index in [0.717, 1.165) is 0 Å². The van der Waals surface area contributed by atoms with E-state index >= 15 is 0 Å². The molecule has 0 radical (unpaired) electrons. The van der Waals surface area contributed by atoms with Crippen LogP contribution in [0, 0.1) is 28.9 Å². The second kappa shape index (κ2) is 11.9. The van der Waals surface area contributed by atoms with E-state index in [1.54, 1.807) is 26.8 Å². The molecule has 1 aliphatic rings. The maximum Gasteiger partial charge on any atom is 0.330 e. The number of nitro groups is 1. The van der Waals surface area contributed by atoms with Crippen molar-refractivity contribution >= 4 is 19.3 Å². The lowest BCUT2D eigenvalue weighted by Crippen LogP contribution is -2.53. The number of nitro benzene ring substituents is 1. The quantitative estimate of drug-likeness (QED) is 0.186. The van der Waals surface area contributed by atoms with Gasteiger partial charge < -0.3 is 23.3 Å². The van der Waals surface area contributed by atoms with Crippen molar-refractivity contribution in [2.75, 3.05) is 19.4 Å². The van der Waals surface area contributed by atoms with E-state index in [-0.39, 0.29) is 43.3 Å². The van der Waals surface area contributed by atoms with Gasteiger partial charge >= 0.3 is 13.6 Å². The Bertz CT molecular complexity index is 867. The molecule has 5 atom stereocenters. The molecule has 10 nitrogen and oxygen atoms in total. The third-order valence-corrected chi connectivity index (χ3v) is 7.81. The first-order chi connectivity index (χ1) is 15.5. The molecule has 0 N–H and O–H groups in total. The second-order valence-corrected chi connectivity index (χ2v) is 10.3. The predicted molar refractivity (Wildman–Crippen MR) is 121 cm³/mol. The highest BCUT2D eigenvalue weighted by molar-refractivity contribution is 7.53. The molecule has 0 aliphatic carbocycles. The smallest absolute Gasteiger partial charge is 0.330 e. The van der Waals surface area contributed by atoms with E-state index in [1.807, 2.05) is 13.8 Å². The monoisotopic (exact) mass is 487 g/mol. The summed E-state index contributed by atoms with van der Waals surface area (Å²) in [5, 5.41) is 11.0. The highest BCUT2D eigenvalue weighted by Crippen LogP contribution is 2.49. The molecule has 0 amide bonds. The number of carbonyl (C=O) groups is 1. The van der Waals surface area contributed by atoms with Crippen molar-refractivity contribution in [3.8, 4) is 5.75 Å². The van der Waals surface area contributed by atoms with Gasteiger partial charge in [0.05, 0.1) is 30.4 Å². The zero-order valence-corrected chi connectivity index (χ0v) is 20.9. The Balaban J connectivity index is 2.24. The molecule has 33 heavy (non-hydrogen) atoms. The van der Waals surface area contributed by atoms with Gasteiger partial charge in [-0.05, 0) is 38.8 Å². The summed E-state index contributed by atoms with van der Waals surface area (Å²) in [4.78, 5) is 22.3. The summed E-state index contributed by atoms with van der Waals surface area (Å²) in [5.74, 6) is -0.264. The minimum atomic E-state index is -3.32. The van der Waals surface area contributed by atoms with E-state index in [0.29, 0.717) is 11.3 Å². The van der Waals surface area contributed by atoms with Crippen LogP contribution in [-0.2, 0) is 27.9 Å². The van der Waals surface area contributed by atoms with Gasteiger partial charge in [0.2, 0.25) is 6.29 Å². The summed E-state index contributed by atoms with van der Waals surface area (Å²) in [6.45, 7) is 10.9. The van der Waals surface area contributed by atoms with E-state index in [4.69, 9.17) is 23.3 Å². The average Bonchev–Trinajstić information content (AvgIpc) is 2.73. The first-order valence-corrected chi connectivity index (χ1v) is 12.9. The number of non-ortho nitro benzene ring substituents is 1. The molecule has 0 unspecified atom stereocenters. The Hall–Kier alpha value is -2.00. The van der Waals surface area contributed by atoms with Crippen molar-refractivity contribution in [1.82, 2.24) is 0 Å². The average molecular weight is 487 g/mol. The maximum atomic E-state index is 12.9. The van der Waals surface area contributed by atoms with Gasteiger partial charge in [0.1, 0.15) is 11.9 Å². The van der Waals surface area contributed by atoms with Crippen molar-refractivity contribution in [1.29, 1.82) is 0 Å². The lowest BCUT2D eigenvalue weighted by Gasteiger charge is -2.44. The molecule has 1 aliphatic heterocycles. The fourth-order valence-corrected chi connectivity index (χ4v) is 5.54. The van der Waals surface area contributed by atoms with E-state index in [1.165, 1.54) is 19.1 Å². The molecule has 2 rings (SSSR count). The summed E-state index contributed by atoms with van der Waals surface area (Å²) in [7, 11) is -3.32. The van der Waals surface area contributed by atoms with Crippen molar-refractivity contribution in [2.45, 2.75) is 66.5 Å². The normalized spacial score (nSPS) is 25.5. The van der Waals surface area contributed by atoms with E-state index in [2.05, 4.69) is 0 Å². The van der Waals surface area contributed by atoms with Crippen LogP contribution in [0.25, 0.3) is 0 Å². The van der Waals surface area contributed by atoms with Crippen LogP contribution in [0.5, 0.6) is 5.75 Å². The van der Waals surface area contributed by atoms with Crippen molar-refractivity contribution in [2.24, 2.45) is 11.8 Å². The predicted octanol–water partition coefficient (Wildman–Crippen LogP) is 4.87. The molecule has 1 fully saturated rings. The maximum absolute atomic E-state index is 12.9. The van der Waals surface area contributed by atoms with Gasteiger partial charge in [-0.25, -0.2) is 0 Å². The van der Waals surface area contributed by atoms with Gasteiger partial charge in [-0.3, -0.25) is 19.5 Å². The van der Waals surface area contributed by atoms with Gasteiger partial charge in [-0.2, -0.15) is 0 Å². The van der Waals surface area contributed by atoms with Crippen molar-refractivity contribution in [3.05, 3.63) is 33.9 Å². The Labute approximate surface area is 194 Å². The number of ether oxygens (including phenoxy) is 3. The number of hydrogen-bond donors (Lipinski definition) is 0. The largest absolute Gasteiger partial charge is 0.464 e. The molecular weight excluding hydrogens is 453 g/mol. The third-order valence-electron chi connectivity index (χ3n) is 5.71. The van der Waals surface area contributed by atoms with E-state index < -0.39 is 37.0 Å². The number of benzene rings is 1. The van der Waals surface area contributed by atoms with Crippen LogP contribution in [0.1, 0.15) is 46.6 Å². The standard InChI is InChI=1S/C22H34NO9P/c1-7-28-33(27,29-8-2)12-11-20-21(30-17(6)24)15(4)16(5)22(32-20)31-19-10-9-18(23(25)26)13-14(19)3/h9-10,13,15-16,20-22H,7-8,11-12H2,1-6H3/t15-,16+,20-,21+,22+/m1/s1. The number of carbonyl (C=O) groups excluding carboxylic acids is 1. The summed E-state index contributed by atoms with van der Waals surface area (Å²) in [6.07, 6.45) is -1.49. The van der Waals surface area contributed by atoms with Gasteiger partial charge in [-0.15, -0.1) is 0 Å². The lowest BCUT2D eigenvalue weighted by atomic mass is 9.83. The SMILES string of the molecule is CCOP(=O)(CC[C@H]1O[C@H](Oc2ccc([N+](=O)[O-])cc2C)[C@@H](C)[C@@H](C)[C@@H]1OC(C)=O)OCC. The molecule has 0 spiro atoms. The minimum absolute atomic E-state index is 0.0266. The van der Waals surface area contributed by atoms with Gasteiger partial charge in [-0.1, -0.05) is 13.8 Å². The fraction of sp³-hybridized carbons (Fsp3) is 0.682. The van der Waals surface area contributed by atoms with E-state index in [9.17, 15) is 19.5 Å². The summed E-state index contributed by atoms with van der Waals surface area (Å²) >= 11 is 0. The summed E-state index contributed by atoms with van der Waals surface area (Å²) in [5.41, 5.74) is 0.574. The van der Waals surface area contributed by atoms with Crippen LogP contribution < -0.4 is 4.74 Å². The molecular formula is C22H34NO9P.